The van der Waals surface area contributed by atoms with Crippen molar-refractivity contribution in [3.8, 4) is 11.5 Å². The van der Waals surface area contributed by atoms with Gasteiger partial charge in [0.05, 0.1) is 0 Å². The molecule has 0 saturated carbocycles. The molecule has 0 N–H and O–H groups in total. The number of benzene rings is 3. The molecule has 0 aliphatic carbocycles. The zero-order valence-electron chi connectivity index (χ0n) is 17.6. The standard InChI is InChI=1S/C25H23ClO5/c1-15-4-9-22(16(2)12-15)28-10-11-29-25(27)17(3)30-19-6-8-21-20-7-5-18(26)13-23(20)31-24(21)14-19/h4-9,12-14,17H,10-11H2,1-3H3. The number of fused-ring (bicyclic) bond motifs is 3. The first kappa shape index (κ1) is 21.1. The molecule has 0 aliphatic heterocycles. The first-order valence-electron chi connectivity index (χ1n) is 10.1. The van der Waals surface area contributed by atoms with Gasteiger partial charge in [-0.05, 0) is 56.7 Å². The minimum atomic E-state index is -0.766. The third kappa shape index (κ3) is 4.78. The molecule has 0 spiro atoms. The summed E-state index contributed by atoms with van der Waals surface area (Å²) in [6.07, 6.45) is -0.766. The number of ether oxygens (including phenoxy) is 3. The number of esters is 1. The molecule has 1 atom stereocenters. The SMILES string of the molecule is Cc1ccc(OCCOC(=O)C(C)Oc2ccc3c(c2)oc2cc(Cl)ccc23)c(C)c1. The van der Waals surface area contributed by atoms with E-state index < -0.39 is 12.1 Å². The Balaban J connectivity index is 1.32. The van der Waals surface area contributed by atoms with Crippen molar-refractivity contribution in [3.05, 3.63) is 70.7 Å². The fourth-order valence-corrected chi connectivity index (χ4v) is 3.59. The highest BCUT2D eigenvalue weighted by atomic mass is 35.5. The van der Waals surface area contributed by atoms with Crippen molar-refractivity contribution < 1.29 is 23.4 Å². The summed E-state index contributed by atoms with van der Waals surface area (Å²) in [5.74, 6) is 0.848. The molecular formula is C25H23ClO5. The van der Waals surface area contributed by atoms with Crippen LogP contribution in [0.4, 0.5) is 0 Å². The van der Waals surface area contributed by atoms with Gasteiger partial charge in [-0.1, -0.05) is 29.3 Å². The van der Waals surface area contributed by atoms with Crippen LogP contribution in [-0.2, 0) is 9.53 Å². The number of carbonyl (C=O) groups excluding carboxylic acids is 1. The number of hydrogen-bond donors (Lipinski definition) is 0. The second kappa shape index (κ2) is 8.90. The van der Waals surface area contributed by atoms with E-state index in [-0.39, 0.29) is 13.2 Å². The predicted molar refractivity (Wildman–Crippen MR) is 121 cm³/mol. The van der Waals surface area contributed by atoms with Crippen LogP contribution < -0.4 is 9.47 Å². The highest BCUT2D eigenvalue weighted by molar-refractivity contribution is 6.31. The van der Waals surface area contributed by atoms with Gasteiger partial charge in [0.15, 0.2) is 6.10 Å². The van der Waals surface area contributed by atoms with E-state index in [4.69, 9.17) is 30.2 Å². The maximum atomic E-state index is 12.3. The fraction of sp³-hybridized carbons (Fsp3) is 0.240. The molecule has 0 aliphatic rings. The van der Waals surface area contributed by atoms with Crippen LogP contribution >= 0.6 is 11.6 Å². The summed E-state index contributed by atoms with van der Waals surface area (Å²) in [4.78, 5) is 12.3. The van der Waals surface area contributed by atoms with Crippen molar-refractivity contribution in [2.75, 3.05) is 13.2 Å². The zero-order chi connectivity index (χ0) is 22.0. The number of hydrogen-bond acceptors (Lipinski definition) is 5. The van der Waals surface area contributed by atoms with Gasteiger partial charge >= 0.3 is 5.97 Å². The molecule has 3 aromatic carbocycles. The van der Waals surface area contributed by atoms with Crippen molar-refractivity contribution in [2.24, 2.45) is 0 Å². The lowest BCUT2D eigenvalue weighted by Gasteiger charge is -2.14. The van der Waals surface area contributed by atoms with Gasteiger partial charge in [0.1, 0.15) is 35.9 Å². The number of furan rings is 1. The summed E-state index contributed by atoms with van der Waals surface area (Å²) < 4.78 is 22.6. The molecule has 0 bridgehead atoms. The Kier molecular flexibility index (Phi) is 6.05. The number of aryl methyl sites for hydroxylation is 2. The molecule has 0 amide bonds. The van der Waals surface area contributed by atoms with Crippen LogP contribution in [0.1, 0.15) is 18.1 Å². The van der Waals surface area contributed by atoms with Crippen LogP contribution in [0, 0.1) is 13.8 Å². The van der Waals surface area contributed by atoms with E-state index in [9.17, 15) is 4.79 Å². The summed E-state index contributed by atoms with van der Waals surface area (Å²) in [6.45, 7) is 6.08. The van der Waals surface area contributed by atoms with Crippen LogP contribution in [0.3, 0.4) is 0 Å². The van der Waals surface area contributed by atoms with Crippen LogP contribution in [-0.4, -0.2) is 25.3 Å². The molecule has 6 heteroatoms. The molecular weight excluding hydrogens is 416 g/mol. The third-order valence-electron chi connectivity index (χ3n) is 4.97. The van der Waals surface area contributed by atoms with Gasteiger partial charge in [0, 0.05) is 27.9 Å². The summed E-state index contributed by atoms with van der Waals surface area (Å²) in [7, 11) is 0. The van der Waals surface area contributed by atoms with Crippen LogP contribution in [0.15, 0.2) is 59.0 Å². The summed E-state index contributed by atoms with van der Waals surface area (Å²) in [5.41, 5.74) is 3.59. The minimum Gasteiger partial charge on any atom is -0.490 e. The van der Waals surface area contributed by atoms with Gasteiger partial charge in [-0.2, -0.15) is 0 Å². The Hall–Kier alpha value is -3.18. The average molecular weight is 439 g/mol. The molecule has 4 aromatic rings. The molecule has 1 aromatic heterocycles. The zero-order valence-corrected chi connectivity index (χ0v) is 18.4. The lowest BCUT2D eigenvalue weighted by atomic mass is 10.1. The molecule has 0 saturated heterocycles. The molecule has 1 heterocycles. The number of carbonyl (C=O) groups is 1. The smallest absolute Gasteiger partial charge is 0.347 e. The largest absolute Gasteiger partial charge is 0.490 e. The highest BCUT2D eigenvalue weighted by Gasteiger charge is 2.17. The van der Waals surface area contributed by atoms with Gasteiger partial charge in [-0.3, -0.25) is 0 Å². The van der Waals surface area contributed by atoms with E-state index in [1.807, 2.05) is 50.2 Å². The lowest BCUT2D eigenvalue weighted by Crippen LogP contribution is -2.27. The normalized spacial score (nSPS) is 12.1. The molecule has 0 fully saturated rings. The van der Waals surface area contributed by atoms with Gasteiger partial charge < -0.3 is 18.6 Å². The maximum Gasteiger partial charge on any atom is 0.347 e. The molecule has 160 valence electrons. The second-order valence-corrected chi connectivity index (χ2v) is 7.88. The first-order chi connectivity index (χ1) is 14.9. The monoisotopic (exact) mass is 438 g/mol. The Morgan fingerprint density at radius 1 is 0.968 bits per heavy atom. The van der Waals surface area contributed by atoms with Crippen molar-refractivity contribution in [3.63, 3.8) is 0 Å². The molecule has 5 nitrogen and oxygen atoms in total. The topological polar surface area (TPSA) is 57.9 Å². The van der Waals surface area contributed by atoms with E-state index in [0.29, 0.717) is 21.9 Å². The fourth-order valence-electron chi connectivity index (χ4n) is 3.43. The Labute approximate surface area is 185 Å². The predicted octanol–water partition coefficient (Wildman–Crippen LogP) is 6.25. The first-order valence-corrected chi connectivity index (χ1v) is 10.4. The summed E-state index contributed by atoms with van der Waals surface area (Å²) >= 11 is 6.04. The lowest BCUT2D eigenvalue weighted by molar-refractivity contribution is -0.151. The van der Waals surface area contributed by atoms with Crippen molar-refractivity contribution in [2.45, 2.75) is 26.9 Å². The minimum absolute atomic E-state index is 0.142. The third-order valence-corrected chi connectivity index (χ3v) is 5.20. The van der Waals surface area contributed by atoms with Gasteiger partial charge in [0.25, 0.3) is 0 Å². The van der Waals surface area contributed by atoms with Gasteiger partial charge in [0.2, 0.25) is 0 Å². The van der Waals surface area contributed by atoms with E-state index in [1.54, 1.807) is 25.1 Å². The number of rotatable bonds is 7. The summed E-state index contributed by atoms with van der Waals surface area (Å²) in [6, 6.07) is 16.9. The molecule has 1 unspecified atom stereocenters. The van der Waals surface area contributed by atoms with E-state index in [1.165, 1.54) is 5.56 Å². The second-order valence-electron chi connectivity index (χ2n) is 7.45. The average Bonchev–Trinajstić information content (AvgIpc) is 3.08. The van der Waals surface area contributed by atoms with Crippen molar-refractivity contribution >= 4 is 39.5 Å². The highest BCUT2D eigenvalue weighted by Crippen LogP contribution is 2.33. The number of halogens is 1. The van der Waals surface area contributed by atoms with Gasteiger partial charge in [-0.25, -0.2) is 4.79 Å². The molecule has 0 radical (unpaired) electrons. The quantitative estimate of drug-likeness (QED) is 0.252. The van der Waals surface area contributed by atoms with Crippen LogP contribution in [0.2, 0.25) is 5.02 Å². The Morgan fingerprint density at radius 2 is 1.71 bits per heavy atom. The van der Waals surface area contributed by atoms with Crippen molar-refractivity contribution in [1.82, 2.24) is 0 Å². The van der Waals surface area contributed by atoms with Crippen LogP contribution in [0.5, 0.6) is 11.5 Å². The van der Waals surface area contributed by atoms with Crippen LogP contribution in [0.25, 0.3) is 21.9 Å². The van der Waals surface area contributed by atoms with E-state index in [2.05, 4.69) is 0 Å². The van der Waals surface area contributed by atoms with Gasteiger partial charge in [-0.15, -0.1) is 0 Å². The van der Waals surface area contributed by atoms with E-state index in [0.717, 1.165) is 22.1 Å². The maximum absolute atomic E-state index is 12.3. The van der Waals surface area contributed by atoms with Crippen molar-refractivity contribution in [1.29, 1.82) is 0 Å². The molecule has 31 heavy (non-hydrogen) atoms. The molecule has 4 rings (SSSR count). The summed E-state index contributed by atoms with van der Waals surface area (Å²) in [5, 5.41) is 2.54. The Bertz CT molecular complexity index is 1240. The van der Waals surface area contributed by atoms with E-state index >= 15 is 0 Å². The Morgan fingerprint density at radius 3 is 2.48 bits per heavy atom.